The number of urea groups is 1. The molecule has 34 heavy (non-hydrogen) atoms. The van der Waals surface area contributed by atoms with Crippen molar-refractivity contribution in [2.75, 3.05) is 5.32 Å². The van der Waals surface area contributed by atoms with Crippen LogP contribution in [0.1, 0.15) is 16.7 Å². The Morgan fingerprint density at radius 3 is 2.65 bits per heavy atom. The summed E-state index contributed by atoms with van der Waals surface area (Å²) in [7, 11) is 0. The number of anilines is 1. The fraction of sp³-hybridized carbons (Fsp3) is 0.0769. The number of nitro groups is 1. The van der Waals surface area contributed by atoms with Crippen LogP contribution >= 0.6 is 0 Å². The highest BCUT2D eigenvalue weighted by Gasteiger charge is 2.10. The van der Waals surface area contributed by atoms with E-state index in [-0.39, 0.29) is 12.3 Å². The van der Waals surface area contributed by atoms with Gasteiger partial charge in [0.1, 0.15) is 12.4 Å². The Labute approximate surface area is 196 Å². The average Bonchev–Trinajstić information content (AvgIpc) is 2.85. The first-order chi connectivity index (χ1) is 16.5. The van der Waals surface area contributed by atoms with E-state index in [1.165, 1.54) is 18.3 Å². The first kappa shape index (κ1) is 22.5. The molecule has 0 atom stereocenters. The molecule has 0 aromatic heterocycles. The van der Waals surface area contributed by atoms with Crippen molar-refractivity contribution >= 4 is 34.4 Å². The van der Waals surface area contributed by atoms with E-state index in [0.717, 1.165) is 16.3 Å². The fourth-order valence-electron chi connectivity index (χ4n) is 3.47. The van der Waals surface area contributed by atoms with E-state index in [1.807, 2.05) is 67.6 Å². The number of benzene rings is 4. The smallest absolute Gasteiger partial charge is 0.339 e. The number of nitrogens with one attached hydrogen (secondary N) is 2. The standard InChI is InChI=1S/C26H22N4O4/c1-18-7-2-5-12-24(18)28-26(31)29-27-16-23-22-11-4-3-9-20(22)13-14-25(23)34-17-19-8-6-10-21(15-19)30(32)33/h2-16H,17H2,1H3,(H2,28,29,31). The number of ether oxygens (including phenoxy) is 1. The van der Waals surface area contributed by atoms with Crippen molar-refractivity contribution < 1.29 is 14.5 Å². The summed E-state index contributed by atoms with van der Waals surface area (Å²) in [4.78, 5) is 22.9. The van der Waals surface area contributed by atoms with Gasteiger partial charge in [0.15, 0.2) is 0 Å². The van der Waals surface area contributed by atoms with Crippen molar-refractivity contribution in [1.82, 2.24) is 5.43 Å². The van der Waals surface area contributed by atoms with Gasteiger partial charge in [-0.05, 0) is 41.0 Å². The molecule has 0 bridgehead atoms. The van der Waals surface area contributed by atoms with Crippen LogP contribution in [0.3, 0.4) is 0 Å². The van der Waals surface area contributed by atoms with Crippen LogP contribution in [0.2, 0.25) is 0 Å². The Bertz CT molecular complexity index is 1380. The van der Waals surface area contributed by atoms with Crippen molar-refractivity contribution in [1.29, 1.82) is 0 Å². The summed E-state index contributed by atoms with van der Waals surface area (Å²) in [5.41, 5.74) is 5.47. The molecule has 0 spiro atoms. The van der Waals surface area contributed by atoms with Crippen LogP contribution in [0.4, 0.5) is 16.2 Å². The van der Waals surface area contributed by atoms with Crippen LogP contribution in [-0.2, 0) is 6.61 Å². The number of hydrazone groups is 1. The third-order valence-corrected chi connectivity index (χ3v) is 5.20. The molecule has 170 valence electrons. The average molecular weight is 454 g/mol. The summed E-state index contributed by atoms with van der Waals surface area (Å²) >= 11 is 0. The molecule has 0 aliphatic carbocycles. The van der Waals surface area contributed by atoms with E-state index < -0.39 is 11.0 Å². The van der Waals surface area contributed by atoms with Crippen LogP contribution in [0.15, 0.2) is 90.0 Å². The Morgan fingerprint density at radius 2 is 1.82 bits per heavy atom. The largest absolute Gasteiger partial charge is 0.488 e. The zero-order valence-electron chi connectivity index (χ0n) is 18.4. The van der Waals surface area contributed by atoms with Crippen LogP contribution in [0, 0.1) is 17.0 Å². The SMILES string of the molecule is Cc1ccccc1NC(=O)NN=Cc1c(OCc2cccc([N+](=O)[O-])c2)ccc2ccccc12. The summed E-state index contributed by atoms with van der Waals surface area (Å²) in [5.74, 6) is 0.537. The lowest BCUT2D eigenvalue weighted by atomic mass is 10.0. The number of fused-ring (bicyclic) bond motifs is 1. The van der Waals surface area contributed by atoms with E-state index >= 15 is 0 Å². The first-order valence-corrected chi connectivity index (χ1v) is 10.5. The molecule has 0 aliphatic rings. The summed E-state index contributed by atoms with van der Waals surface area (Å²) < 4.78 is 5.99. The van der Waals surface area contributed by atoms with Crippen molar-refractivity contribution in [3.63, 3.8) is 0 Å². The van der Waals surface area contributed by atoms with E-state index in [2.05, 4.69) is 15.8 Å². The number of carbonyl (C=O) groups is 1. The van der Waals surface area contributed by atoms with Crippen LogP contribution in [0.25, 0.3) is 10.8 Å². The van der Waals surface area contributed by atoms with E-state index in [0.29, 0.717) is 22.6 Å². The zero-order valence-corrected chi connectivity index (χ0v) is 18.4. The molecule has 2 N–H and O–H groups in total. The monoisotopic (exact) mass is 454 g/mol. The van der Waals surface area contributed by atoms with Crippen molar-refractivity contribution in [2.24, 2.45) is 5.10 Å². The third-order valence-electron chi connectivity index (χ3n) is 5.20. The van der Waals surface area contributed by atoms with Gasteiger partial charge in [-0.15, -0.1) is 0 Å². The Balaban J connectivity index is 1.54. The number of rotatable bonds is 7. The van der Waals surface area contributed by atoms with Gasteiger partial charge < -0.3 is 10.1 Å². The second-order valence-electron chi connectivity index (χ2n) is 7.55. The normalized spacial score (nSPS) is 10.9. The quantitative estimate of drug-likeness (QED) is 0.209. The number of hydrogen-bond donors (Lipinski definition) is 2. The topological polar surface area (TPSA) is 106 Å². The van der Waals surface area contributed by atoms with Gasteiger partial charge in [0.2, 0.25) is 0 Å². The van der Waals surface area contributed by atoms with Gasteiger partial charge in [-0.1, -0.05) is 60.7 Å². The maximum absolute atomic E-state index is 12.3. The third kappa shape index (κ3) is 5.36. The van der Waals surface area contributed by atoms with Crippen LogP contribution < -0.4 is 15.5 Å². The van der Waals surface area contributed by atoms with Gasteiger partial charge in [0, 0.05) is 23.4 Å². The number of para-hydroxylation sites is 1. The molecule has 2 amide bonds. The van der Waals surface area contributed by atoms with E-state index in [4.69, 9.17) is 4.74 Å². The van der Waals surface area contributed by atoms with Gasteiger partial charge in [-0.3, -0.25) is 10.1 Å². The minimum absolute atomic E-state index is 0.00487. The van der Waals surface area contributed by atoms with Crippen LogP contribution in [-0.4, -0.2) is 17.2 Å². The van der Waals surface area contributed by atoms with Crippen LogP contribution in [0.5, 0.6) is 5.75 Å². The van der Waals surface area contributed by atoms with Gasteiger partial charge in [0.25, 0.3) is 5.69 Å². The lowest BCUT2D eigenvalue weighted by molar-refractivity contribution is -0.384. The van der Waals surface area contributed by atoms with Gasteiger partial charge in [0.05, 0.1) is 11.1 Å². The van der Waals surface area contributed by atoms with E-state index in [1.54, 1.807) is 12.1 Å². The van der Waals surface area contributed by atoms with Gasteiger partial charge >= 0.3 is 6.03 Å². The fourth-order valence-corrected chi connectivity index (χ4v) is 3.47. The van der Waals surface area contributed by atoms with Crippen molar-refractivity contribution in [3.05, 3.63) is 112 Å². The number of nitrogens with zero attached hydrogens (tertiary/aromatic N) is 2. The number of amides is 2. The van der Waals surface area contributed by atoms with Gasteiger partial charge in [-0.25, -0.2) is 10.2 Å². The summed E-state index contributed by atoms with van der Waals surface area (Å²) in [6.45, 7) is 2.04. The second kappa shape index (κ2) is 10.3. The molecule has 0 saturated carbocycles. The highest BCUT2D eigenvalue weighted by Crippen LogP contribution is 2.28. The molecule has 0 aliphatic heterocycles. The number of hydrogen-bond acceptors (Lipinski definition) is 5. The molecule has 4 rings (SSSR count). The molecule has 4 aromatic rings. The predicted octanol–water partition coefficient (Wildman–Crippen LogP) is 5.79. The second-order valence-corrected chi connectivity index (χ2v) is 7.55. The number of non-ortho nitro benzene ring substituents is 1. The van der Waals surface area contributed by atoms with Crippen molar-refractivity contribution in [2.45, 2.75) is 13.5 Å². The summed E-state index contributed by atoms with van der Waals surface area (Å²) in [5, 5.41) is 19.8. The van der Waals surface area contributed by atoms with Crippen molar-refractivity contribution in [3.8, 4) is 5.75 Å². The molecule has 8 heteroatoms. The highest BCUT2D eigenvalue weighted by atomic mass is 16.6. The Kier molecular flexibility index (Phi) is 6.78. The zero-order chi connectivity index (χ0) is 23.9. The molecule has 0 heterocycles. The minimum Gasteiger partial charge on any atom is -0.488 e. The molecular weight excluding hydrogens is 432 g/mol. The highest BCUT2D eigenvalue weighted by molar-refractivity contribution is 6.03. The number of aryl methyl sites for hydroxylation is 1. The predicted molar refractivity (Wildman–Crippen MR) is 132 cm³/mol. The minimum atomic E-state index is -0.468. The lowest BCUT2D eigenvalue weighted by Crippen LogP contribution is -2.24. The molecule has 0 radical (unpaired) electrons. The van der Waals surface area contributed by atoms with Gasteiger partial charge in [-0.2, -0.15) is 5.10 Å². The van der Waals surface area contributed by atoms with E-state index in [9.17, 15) is 14.9 Å². The molecule has 0 fully saturated rings. The Hall–Kier alpha value is -4.72. The number of nitro benzene ring substituents is 1. The molecule has 8 nitrogen and oxygen atoms in total. The Morgan fingerprint density at radius 1 is 1.03 bits per heavy atom. The maximum atomic E-state index is 12.3. The first-order valence-electron chi connectivity index (χ1n) is 10.5. The molecular formula is C26H22N4O4. The molecule has 0 saturated heterocycles. The lowest BCUT2D eigenvalue weighted by Gasteiger charge is -2.12. The number of carbonyl (C=O) groups excluding carboxylic acids is 1. The summed E-state index contributed by atoms with van der Waals surface area (Å²) in [6, 6.07) is 24.8. The summed E-state index contributed by atoms with van der Waals surface area (Å²) in [6.07, 6.45) is 1.53. The molecule has 4 aromatic carbocycles. The maximum Gasteiger partial charge on any atom is 0.339 e. The molecule has 0 unspecified atom stereocenters.